The third kappa shape index (κ3) is 7.10. The van der Waals surface area contributed by atoms with Crippen LogP contribution in [0.15, 0.2) is 18.2 Å². The Kier molecular flexibility index (Phi) is 10.5. The zero-order chi connectivity index (χ0) is 22.8. The molecule has 2 atom stereocenters. The van der Waals surface area contributed by atoms with Gasteiger partial charge in [-0.1, -0.05) is 59.4 Å². The molecule has 170 valence electrons. The fourth-order valence-electron chi connectivity index (χ4n) is 4.99. The van der Waals surface area contributed by atoms with Crippen LogP contribution in [-0.2, 0) is 0 Å². The van der Waals surface area contributed by atoms with E-state index in [1.54, 1.807) is 0 Å². The lowest BCUT2D eigenvalue weighted by Crippen LogP contribution is -2.48. The van der Waals surface area contributed by atoms with Crippen LogP contribution in [0.1, 0.15) is 109 Å². The molecule has 0 bridgehead atoms. The van der Waals surface area contributed by atoms with Crippen molar-refractivity contribution in [3.63, 3.8) is 0 Å². The van der Waals surface area contributed by atoms with E-state index in [-0.39, 0.29) is 12.0 Å². The van der Waals surface area contributed by atoms with E-state index in [4.69, 9.17) is 5.26 Å². The molecule has 3 heteroatoms. The van der Waals surface area contributed by atoms with Gasteiger partial charge in [0.2, 0.25) is 0 Å². The molecule has 2 N–H and O–H groups in total. The van der Waals surface area contributed by atoms with E-state index >= 15 is 0 Å². The first-order valence-electron chi connectivity index (χ1n) is 12.0. The predicted octanol–water partition coefficient (Wildman–Crippen LogP) is 6.85. The molecular weight excluding hydrogens is 370 g/mol. The minimum absolute atomic E-state index is 0.0671. The van der Waals surface area contributed by atoms with Gasteiger partial charge in [0.05, 0.1) is 23.8 Å². The van der Waals surface area contributed by atoms with Crippen molar-refractivity contribution < 1.29 is 10.2 Å². The SMILES string of the molecule is CCCC1(C)CC(O)(CO)CCC12CC2.CCCCC.Cc1ccc(C#N)cc1C. The van der Waals surface area contributed by atoms with Gasteiger partial charge in [-0.15, -0.1) is 0 Å². The monoisotopic (exact) mass is 415 g/mol. The smallest absolute Gasteiger partial charge is 0.0991 e. The summed E-state index contributed by atoms with van der Waals surface area (Å²) in [6.07, 6.45) is 11.8. The lowest BCUT2D eigenvalue weighted by Gasteiger charge is -2.49. The highest BCUT2D eigenvalue weighted by Crippen LogP contribution is 2.68. The largest absolute Gasteiger partial charge is 0.393 e. The Balaban J connectivity index is 0.000000259. The first-order chi connectivity index (χ1) is 14.1. The number of rotatable bonds is 5. The van der Waals surface area contributed by atoms with Crippen molar-refractivity contribution in [2.24, 2.45) is 10.8 Å². The molecule has 2 unspecified atom stereocenters. The van der Waals surface area contributed by atoms with Crippen LogP contribution in [-0.4, -0.2) is 22.4 Å². The lowest BCUT2D eigenvalue weighted by molar-refractivity contribution is -0.110. The summed E-state index contributed by atoms with van der Waals surface area (Å²) < 4.78 is 0. The lowest BCUT2D eigenvalue weighted by atomic mass is 9.58. The summed E-state index contributed by atoms with van der Waals surface area (Å²) in [4.78, 5) is 0. The second kappa shape index (κ2) is 11.9. The maximum absolute atomic E-state index is 10.3. The van der Waals surface area contributed by atoms with Crippen molar-refractivity contribution in [3.05, 3.63) is 34.9 Å². The van der Waals surface area contributed by atoms with Crippen molar-refractivity contribution in [2.75, 3.05) is 6.61 Å². The number of nitriles is 1. The van der Waals surface area contributed by atoms with Gasteiger partial charge in [-0.3, -0.25) is 0 Å². The van der Waals surface area contributed by atoms with Gasteiger partial charge in [0.1, 0.15) is 0 Å². The van der Waals surface area contributed by atoms with Crippen LogP contribution in [0.25, 0.3) is 0 Å². The van der Waals surface area contributed by atoms with Crippen LogP contribution in [0, 0.1) is 36.0 Å². The summed E-state index contributed by atoms with van der Waals surface area (Å²) in [7, 11) is 0. The van der Waals surface area contributed by atoms with Crippen molar-refractivity contribution in [1.82, 2.24) is 0 Å². The van der Waals surface area contributed by atoms with E-state index in [0.717, 1.165) is 24.8 Å². The molecule has 3 nitrogen and oxygen atoms in total. The fourth-order valence-corrected chi connectivity index (χ4v) is 4.99. The molecule has 0 saturated heterocycles. The summed E-state index contributed by atoms with van der Waals surface area (Å²) in [6.45, 7) is 12.9. The molecule has 1 aromatic rings. The third-order valence-electron chi connectivity index (χ3n) is 7.36. The number of aryl methyl sites for hydroxylation is 2. The van der Waals surface area contributed by atoms with Gasteiger partial charge >= 0.3 is 0 Å². The zero-order valence-corrected chi connectivity index (χ0v) is 20.4. The number of hydrogen-bond acceptors (Lipinski definition) is 3. The van der Waals surface area contributed by atoms with Crippen LogP contribution in [0.3, 0.4) is 0 Å². The van der Waals surface area contributed by atoms with Crippen molar-refractivity contribution in [3.8, 4) is 6.07 Å². The van der Waals surface area contributed by atoms with Crippen LogP contribution in [0.4, 0.5) is 0 Å². The molecule has 2 saturated carbocycles. The fraction of sp³-hybridized carbons (Fsp3) is 0.741. The average molecular weight is 416 g/mol. The van der Waals surface area contributed by atoms with Gasteiger partial charge in [-0.25, -0.2) is 0 Å². The normalized spacial score (nSPS) is 26.0. The minimum atomic E-state index is -0.794. The third-order valence-corrected chi connectivity index (χ3v) is 7.36. The Morgan fingerprint density at radius 2 is 1.57 bits per heavy atom. The molecule has 0 amide bonds. The minimum Gasteiger partial charge on any atom is -0.393 e. The number of aliphatic hydroxyl groups is 2. The molecule has 1 aromatic carbocycles. The van der Waals surface area contributed by atoms with E-state index < -0.39 is 5.60 Å². The highest BCUT2D eigenvalue weighted by atomic mass is 16.3. The molecular formula is C27H45NO2. The molecule has 30 heavy (non-hydrogen) atoms. The van der Waals surface area contributed by atoms with Gasteiger partial charge in [0, 0.05) is 0 Å². The molecule has 0 aliphatic heterocycles. The summed E-state index contributed by atoms with van der Waals surface area (Å²) >= 11 is 0. The summed E-state index contributed by atoms with van der Waals surface area (Å²) in [6, 6.07) is 7.79. The van der Waals surface area contributed by atoms with Gasteiger partial charge in [0.15, 0.2) is 0 Å². The first-order valence-corrected chi connectivity index (χ1v) is 12.0. The highest BCUT2D eigenvalue weighted by Gasteiger charge is 2.60. The molecule has 2 fully saturated rings. The van der Waals surface area contributed by atoms with Crippen LogP contribution >= 0.6 is 0 Å². The van der Waals surface area contributed by atoms with Crippen LogP contribution in [0.2, 0.25) is 0 Å². The summed E-state index contributed by atoms with van der Waals surface area (Å²) in [5, 5.41) is 28.0. The quantitative estimate of drug-likeness (QED) is 0.552. The Morgan fingerprint density at radius 1 is 0.967 bits per heavy atom. The summed E-state index contributed by atoms with van der Waals surface area (Å²) in [5.74, 6) is 0. The number of benzene rings is 1. The van der Waals surface area contributed by atoms with Crippen molar-refractivity contribution in [2.45, 2.75) is 111 Å². The number of nitrogens with zero attached hydrogens (tertiary/aromatic N) is 1. The van der Waals surface area contributed by atoms with E-state index in [2.05, 4.69) is 33.8 Å². The Hall–Kier alpha value is -1.37. The molecule has 2 aliphatic rings. The van der Waals surface area contributed by atoms with E-state index in [1.165, 1.54) is 56.1 Å². The maximum Gasteiger partial charge on any atom is 0.0991 e. The second-order valence-corrected chi connectivity index (χ2v) is 9.91. The molecule has 0 radical (unpaired) electrons. The van der Waals surface area contributed by atoms with E-state index in [0.29, 0.717) is 5.41 Å². The van der Waals surface area contributed by atoms with Crippen LogP contribution in [0.5, 0.6) is 0 Å². The molecule has 2 aliphatic carbocycles. The topological polar surface area (TPSA) is 64.2 Å². The standard InChI is InChI=1S/C13H24O2.C9H9N.C5H12/c1-3-4-11(2)9-13(15,10-14)8-7-12(11)5-6-12;1-7-3-4-9(6-10)5-8(7)2;1-3-5-4-2/h14-15H,3-10H2,1-2H3;3-5H,1-2H3;3-5H2,1-2H3. The van der Waals surface area contributed by atoms with Gasteiger partial charge in [0.25, 0.3) is 0 Å². The Bertz CT molecular complexity index is 687. The second-order valence-electron chi connectivity index (χ2n) is 9.91. The average Bonchev–Trinajstić information content (AvgIpc) is 3.51. The number of unbranched alkanes of at least 4 members (excludes halogenated alkanes) is 2. The highest BCUT2D eigenvalue weighted by molar-refractivity contribution is 5.36. The molecule has 0 heterocycles. The summed E-state index contributed by atoms with van der Waals surface area (Å²) in [5.41, 5.74) is 3.14. The molecule has 1 spiro atoms. The van der Waals surface area contributed by atoms with E-state index in [9.17, 15) is 10.2 Å². The van der Waals surface area contributed by atoms with Gasteiger partial charge < -0.3 is 10.2 Å². The number of hydrogen-bond donors (Lipinski definition) is 2. The van der Waals surface area contributed by atoms with Crippen molar-refractivity contribution >= 4 is 0 Å². The van der Waals surface area contributed by atoms with Crippen LogP contribution < -0.4 is 0 Å². The Morgan fingerprint density at radius 3 is 1.97 bits per heavy atom. The predicted molar refractivity (Wildman–Crippen MR) is 126 cm³/mol. The molecule has 0 aromatic heterocycles. The number of aliphatic hydroxyl groups excluding tert-OH is 1. The first kappa shape index (κ1) is 26.7. The van der Waals surface area contributed by atoms with Gasteiger partial charge in [-0.05, 0) is 86.5 Å². The van der Waals surface area contributed by atoms with Gasteiger partial charge in [-0.2, -0.15) is 5.26 Å². The maximum atomic E-state index is 10.3. The Labute approximate surface area is 185 Å². The zero-order valence-electron chi connectivity index (χ0n) is 20.4. The molecule has 3 rings (SSSR count). The van der Waals surface area contributed by atoms with E-state index in [1.807, 2.05) is 32.0 Å². The van der Waals surface area contributed by atoms with Crippen molar-refractivity contribution in [1.29, 1.82) is 5.26 Å².